The van der Waals surface area contributed by atoms with Gasteiger partial charge in [-0.1, -0.05) is 0 Å². The molecular formula is C15H16O6. The molecule has 0 N–H and O–H groups in total. The molecule has 6 heteroatoms. The number of hydrogen-bond donors (Lipinski definition) is 0. The van der Waals surface area contributed by atoms with Gasteiger partial charge in [-0.15, -0.1) is 0 Å². The third-order valence-corrected chi connectivity index (χ3v) is 3.15. The lowest BCUT2D eigenvalue weighted by Crippen LogP contribution is -2.13. The van der Waals surface area contributed by atoms with Crippen molar-refractivity contribution in [1.29, 1.82) is 0 Å². The van der Waals surface area contributed by atoms with Crippen molar-refractivity contribution in [3.63, 3.8) is 0 Å². The lowest BCUT2D eigenvalue weighted by atomic mass is 10.1. The van der Waals surface area contributed by atoms with Gasteiger partial charge in [-0.25, -0.2) is 9.59 Å². The summed E-state index contributed by atoms with van der Waals surface area (Å²) in [5, 5.41) is 0. The van der Waals surface area contributed by atoms with E-state index in [2.05, 4.69) is 0 Å². The molecule has 0 saturated carbocycles. The highest BCUT2D eigenvalue weighted by atomic mass is 16.6. The summed E-state index contributed by atoms with van der Waals surface area (Å²) in [6, 6.07) is 4.84. The van der Waals surface area contributed by atoms with Crippen molar-refractivity contribution >= 4 is 11.9 Å². The fourth-order valence-corrected chi connectivity index (χ4v) is 1.85. The van der Waals surface area contributed by atoms with Crippen LogP contribution in [0.5, 0.6) is 0 Å². The van der Waals surface area contributed by atoms with E-state index in [9.17, 15) is 9.59 Å². The molecule has 2 atom stereocenters. The van der Waals surface area contributed by atoms with Crippen molar-refractivity contribution < 1.29 is 28.5 Å². The Morgan fingerprint density at radius 1 is 1.00 bits per heavy atom. The van der Waals surface area contributed by atoms with E-state index in [0.717, 1.165) is 5.56 Å². The Morgan fingerprint density at radius 2 is 1.43 bits per heavy atom. The van der Waals surface area contributed by atoms with Gasteiger partial charge in [-0.05, 0) is 30.7 Å². The summed E-state index contributed by atoms with van der Waals surface area (Å²) in [6.07, 6.45) is 0.0310. The number of rotatable bonds is 6. The smallest absolute Gasteiger partial charge is 0.338 e. The summed E-state index contributed by atoms with van der Waals surface area (Å²) < 4.78 is 20.2. The molecule has 3 rings (SSSR count). The summed E-state index contributed by atoms with van der Waals surface area (Å²) in [4.78, 5) is 23.9. The first-order valence-electron chi connectivity index (χ1n) is 6.81. The second-order valence-corrected chi connectivity index (χ2v) is 5.20. The van der Waals surface area contributed by atoms with Gasteiger partial charge >= 0.3 is 11.9 Å². The first-order valence-corrected chi connectivity index (χ1v) is 6.81. The molecule has 0 spiro atoms. The molecule has 2 heterocycles. The van der Waals surface area contributed by atoms with E-state index in [4.69, 9.17) is 18.9 Å². The minimum atomic E-state index is -0.464. The van der Waals surface area contributed by atoms with E-state index < -0.39 is 11.9 Å². The van der Waals surface area contributed by atoms with E-state index in [0.29, 0.717) is 24.3 Å². The first-order chi connectivity index (χ1) is 10.1. The van der Waals surface area contributed by atoms with Gasteiger partial charge in [0.05, 0.1) is 24.3 Å². The van der Waals surface area contributed by atoms with E-state index in [1.54, 1.807) is 12.1 Å². The number of epoxide rings is 2. The average Bonchev–Trinajstić information content (AvgIpc) is 3.36. The molecular weight excluding hydrogens is 276 g/mol. The molecule has 1 aromatic rings. The lowest BCUT2D eigenvalue weighted by molar-refractivity contribution is 0.0474. The molecule has 2 aliphatic heterocycles. The summed E-state index contributed by atoms with van der Waals surface area (Å²) in [7, 11) is 0. The Kier molecular flexibility index (Phi) is 3.90. The standard InChI is InChI=1S/C15H16O6/c1-9-2-10(14(16)20-7-12-5-18-12)4-11(3-9)15(17)21-8-13-6-19-13/h2-4,12-13H,5-8H2,1H3. The largest absolute Gasteiger partial charge is 0.459 e. The fourth-order valence-electron chi connectivity index (χ4n) is 1.85. The highest BCUT2D eigenvalue weighted by Crippen LogP contribution is 2.16. The molecule has 21 heavy (non-hydrogen) atoms. The summed E-state index contributed by atoms with van der Waals surface area (Å²) >= 11 is 0. The monoisotopic (exact) mass is 292 g/mol. The SMILES string of the molecule is Cc1cc(C(=O)OCC2CO2)cc(C(=O)OCC2CO2)c1. The quantitative estimate of drug-likeness (QED) is 0.577. The van der Waals surface area contributed by atoms with Crippen molar-refractivity contribution in [3.8, 4) is 0 Å². The molecule has 2 unspecified atom stereocenters. The zero-order chi connectivity index (χ0) is 14.8. The molecule has 0 bridgehead atoms. The summed E-state index contributed by atoms with van der Waals surface area (Å²) in [5.41, 5.74) is 1.47. The Balaban J connectivity index is 1.65. The van der Waals surface area contributed by atoms with Crippen LogP contribution >= 0.6 is 0 Å². The molecule has 1 aromatic carbocycles. The summed E-state index contributed by atoms with van der Waals surface area (Å²) in [6.45, 7) is 3.54. The molecule has 0 aliphatic carbocycles. The van der Waals surface area contributed by atoms with E-state index >= 15 is 0 Å². The van der Waals surface area contributed by atoms with Gasteiger partial charge in [0, 0.05) is 0 Å². The predicted octanol–water partition coefficient (Wildman–Crippen LogP) is 1.11. The first kappa shape index (κ1) is 14.0. The molecule has 2 saturated heterocycles. The molecule has 2 fully saturated rings. The highest BCUT2D eigenvalue weighted by molar-refractivity contribution is 5.95. The third kappa shape index (κ3) is 4.03. The zero-order valence-electron chi connectivity index (χ0n) is 11.7. The fraction of sp³-hybridized carbons (Fsp3) is 0.467. The predicted molar refractivity (Wildman–Crippen MR) is 71.2 cm³/mol. The second-order valence-electron chi connectivity index (χ2n) is 5.20. The number of hydrogen-bond acceptors (Lipinski definition) is 6. The number of benzene rings is 1. The molecule has 6 nitrogen and oxygen atoms in total. The Hall–Kier alpha value is -1.92. The van der Waals surface area contributed by atoms with Gasteiger partial charge in [0.25, 0.3) is 0 Å². The Bertz CT molecular complexity index is 513. The number of ether oxygens (including phenoxy) is 4. The normalized spacial score (nSPS) is 22.5. The maximum Gasteiger partial charge on any atom is 0.338 e. The summed E-state index contributed by atoms with van der Waals surface area (Å²) in [5.74, 6) is -0.928. The number of esters is 2. The van der Waals surface area contributed by atoms with Crippen LogP contribution in [0.1, 0.15) is 26.3 Å². The van der Waals surface area contributed by atoms with Crippen LogP contribution in [0.25, 0.3) is 0 Å². The van der Waals surface area contributed by atoms with Gasteiger partial charge in [0.15, 0.2) is 0 Å². The highest BCUT2D eigenvalue weighted by Gasteiger charge is 2.26. The third-order valence-electron chi connectivity index (χ3n) is 3.15. The topological polar surface area (TPSA) is 77.7 Å². The van der Waals surface area contributed by atoms with Crippen LogP contribution in [0, 0.1) is 6.92 Å². The Labute approximate surface area is 121 Å². The molecule has 0 radical (unpaired) electrons. The van der Waals surface area contributed by atoms with Crippen LogP contribution in [0.2, 0.25) is 0 Å². The van der Waals surface area contributed by atoms with Crippen LogP contribution in [0.3, 0.4) is 0 Å². The molecule has 2 aliphatic rings. The molecule has 0 aromatic heterocycles. The minimum absolute atomic E-state index is 0.0155. The maximum absolute atomic E-state index is 11.9. The minimum Gasteiger partial charge on any atom is -0.459 e. The molecule has 0 amide bonds. The number of aryl methyl sites for hydroxylation is 1. The van der Waals surface area contributed by atoms with Crippen molar-refractivity contribution in [2.75, 3.05) is 26.4 Å². The van der Waals surface area contributed by atoms with Gasteiger partial charge in [-0.3, -0.25) is 0 Å². The zero-order valence-corrected chi connectivity index (χ0v) is 11.7. The van der Waals surface area contributed by atoms with Gasteiger partial charge in [0.2, 0.25) is 0 Å². The maximum atomic E-state index is 11.9. The molecule has 112 valence electrons. The van der Waals surface area contributed by atoms with Crippen LogP contribution in [-0.4, -0.2) is 50.6 Å². The van der Waals surface area contributed by atoms with Crippen molar-refractivity contribution in [2.24, 2.45) is 0 Å². The van der Waals surface area contributed by atoms with Crippen LogP contribution in [-0.2, 0) is 18.9 Å². The van der Waals surface area contributed by atoms with Crippen LogP contribution < -0.4 is 0 Å². The van der Waals surface area contributed by atoms with Crippen molar-refractivity contribution in [2.45, 2.75) is 19.1 Å². The van der Waals surface area contributed by atoms with Gasteiger partial charge in [-0.2, -0.15) is 0 Å². The lowest BCUT2D eigenvalue weighted by Gasteiger charge is -2.07. The van der Waals surface area contributed by atoms with Crippen LogP contribution in [0.15, 0.2) is 18.2 Å². The van der Waals surface area contributed by atoms with Crippen LogP contribution in [0.4, 0.5) is 0 Å². The van der Waals surface area contributed by atoms with E-state index in [-0.39, 0.29) is 25.4 Å². The van der Waals surface area contributed by atoms with Crippen molar-refractivity contribution in [1.82, 2.24) is 0 Å². The van der Waals surface area contributed by atoms with Gasteiger partial charge < -0.3 is 18.9 Å². The van der Waals surface area contributed by atoms with Gasteiger partial charge in [0.1, 0.15) is 25.4 Å². The second kappa shape index (κ2) is 5.83. The average molecular weight is 292 g/mol. The van der Waals surface area contributed by atoms with Crippen molar-refractivity contribution in [3.05, 3.63) is 34.9 Å². The van der Waals surface area contributed by atoms with E-state index in [1.807, 2.05) is 6.92 Å². The Morgan fingerprint density at radius 3 is 1.81 bits per heavy atom. The van der Waals surface area contributed by atoms with E-state index in [1.165, 1.54) is 6.07 Å². The number of carbonyl (C=O) groups is 2. The number of carbonyl (C=O) groups excluding carboxylic acids is 2.